The summed E-state index contributed by atoms with van der Waals surface area (Å²) in [6.07, 6.45) is 3.50. The molecule has 0 amide bonds. The van der Waals surface area contributed by atoms with Crippen LogP contribution in [0.25, 0.3) is 0 Å². The van der Waals surface area contributed by atoms with Crippen molar-refractivity contribution in [3.63, 3.8) is 0 Å². The van der Waals surface area contributed by atoms with E-state index in [2.05, 4.69) is 15.5 Å². The Morgan fingerprint density at radius 1 is 1.50 bits per heavy atom. The van der Waals surface area contributed by atoms with Gasteiger partial charge in [-0.05, 0) is 39.9 Å². The summed E-state index contributed by atoms with van der Waals surface area (Å²) < 4.78 is 5.25. The van der Waals surface area contributed by atoms with Gasteiger partial charge in [-0.15, -0.1) is 0 Å². The molecular formula is C11H20N4O. The zero-order valence-corrected chi connectivity index (χ0v) is 10.2. The molecule has 0 aromatic carbocycles. The van der Waals surface area contributed by atoms with Crippen LogP contribution in [0.4, 0.5) is 0 Å². The van der Waals surface area contributed by atoms with Crippen molar-refractivity contribution in [1.82, 2.24) is 20.4 Å². The summed E-state index contributed by atoms with van der Waals surface area (Å²) >= 11 is 0. The fourth-order valence-electron chi connectivity index (χ4n) is 1.91. The summed E-state index contributed by atoms with van der Waals surface area (Å²) in [5.74, 6) is 2.32. The van der Waals surface area contributed by atoms with Crippen LogP contribution in [0.3, 0.4) is 0 Å². The zero-order chi connectivity index (χ0) is 11.5. The molecule has 1 N–H and O–H groups in total. The average Bonchev–Trinajstić information content (AvgIpc) is 2.98. The Bertz CT molecular complexity index is 332. The van der Waals surface area contributed by atoms with E-state index in [0.717, 1.165) is 30.6 Å². The third-order valence-electron chi connectivity index (χ3n) is 2.92. The summed E-state index contributed by atoms with van der Waals surface area (Å²) in [5, 5.41) is 7.29. The van der Waals surface area contributed by atoms with E-state index in [4.69, 9.17) is 4.52 Å². The molecule has 1 atom stereocenters. The van der Waals surface area contributed by atoms with E-state index < -0.39 is 0 Å². The van der Waals surface area contributed by atoms with E-state index in [-0.39, 0.29) is 0 Å². The van der Waals surface area contributed by atoms with Gasteiger partial charge in [-0.3, -0.25) is 0 Å². The minimum Gasteiger partial charge on any atom is -0.339 e. The first-order valence-corrected chi connectivity index (χ1v) is 5.82. The lowest BCUT2D eigenvalue weighted by atomic mass is 10.1. The quantitative estimate of drug-likeness (QED) is 0.769. The Morgan fingerprint density at radius 2 is 2.25 bits per heavy atom. The first kappa shape index (κ1) is 11.5. The minimum atomic E-state index is 0.493. The molecule has 5 heteroatoms. The highest BCUT2D eigenvalue weighted by molar-refractivity contribution is 4.94. The first-order valence-electron chi connectivity index (χ1n) is 5.82. The van der Waals surface area contributed by atoms with Crippen molar-refractivity contribution < 1.29 is 4.52 Å². The SMILES string of the molecule is CNC(Cc1nc(CN(C)C)no1)C1CC1. The third-order valence-corrected chi connectivity index (χ3v) is 2.92. The van der Waals surface area contributed by atoms with E-state index in [1.807, 2.05) is 26.0 Å². The Hall–Kier alpha value is -0.940. The molecule has 90 valence electrons. The van der Waals surface area contributed by atoms with Gasteiger partial charge in [0, 0.05) is 12.5 Å². The van der Waals surface area contributed by atoms with E-state index in [1.54, 1.807) is 0 Å². The van der Waals surface area contributed by atoms with Gasteiger partial charge in [-0.1, -0.05) is 5.16 Å². The zero-order valence-electron chi connectivity index (χ0n) is 10.2. The predicted molar refractivity (Wildman–Crippen MR) is 61.0 cm³/mol. The molecule has 0 spiro atoms. The molecule has 1 aromatic heterocycles. The molecule has 1 heterocycles. The molecule has 16 heavy (non-hydrogen) atoms. The van der Waals surface area contributed by atoms with Crippen LogP contribution in [0.15, 0.2) is 4.52 Å². The minimum absolute atomic E-state index is 0.493. The maximum atomic E-state index is 5.25. The Kier molecular flexibility index (Phi) is 3.56. The van der Waals surface area contributed by atoms with Crippen molar-refractivity contribution >= 4 is 0 Å². The molecule has 2 rings (SSSR count). The lowest BCUT2D eigenvalue weighted by molar-refractivity contribution is 0.336. The molecule has 0 saturated heterocycles. The molecule has 1 aliphatic rings. The van der Waals surface area contributed by atoms with Crippen molar-refractivity contribution in [3.05, 3.63) is 11.7 Å². The molecular weight excluding hydrogens is 204 g/mol. The smallest absolute Gasteiger partial charge is 0.228 e. The molecule has 0 bridgehead atoms. The molecule has 1 saturated carbocycles. The van der Waals surface area contributed by atoms with Gasteiger partial charge in [0.05, 0.1) is 6.54 Å². The van der Waals surface area contributed by atoms with Crippen LogP contribution in [0.2, 0.25) is 0 Å². The average molecular weight is 224 g/mol. The summed E-state index contributed by atoms with van der Waals surface area (Å²) in [5.41, 5.74) is 0. The lowest BCUT2D eigenvalue weighted by Gasteiger charge is -2.11. The summed E-state index contributed by atoms with van der Waals surface area (Å²) in [6.45, 7) is 0.733. The highest BCUT2D eigenvalue weighted by atomic mass is 16.5. The van der Waals surface area contributed by atoms with E-state index in [9.17, 15) is 0 Å². The van der Waals surface area contributed by atoms with Gasteiger partial charge in [0.15, 0.2) is 5.82 Å². The number of hydrogen-bond acceptors (Lipinski definition) is 5. The number of aromatic nitrogens is 2. The topological polar surface area (TPSA) is 54.2 Å². The number of nitrogens with zero attached hydrogens (tertiary/aromatic N) is 3. The Morgan fingerprint density at radius 3 is 2.81 bits per heavy atom. The number of hydrogen-bond donors (Lipinski definition) is 1. The summed E-state index contributed by atoms with van der Waals surface area (Å²) in [4.78, 5) is 6.42. The van der Waals surface area contributed by atoms with Gasteiger partial charge in [0.25, 0.3) is 0 Å². The first-order chi connectivity index (χ1) is 7.69. The molecule has 0 radical (unpaired) electrons. The molecule has 0 aliphatic heterocycles. The molecule has 5 nitrogen and oxygen atoms in total. The standard InChI is InChI=1S/C11H20N4O/c1-12-9(8-4-5-8)6-11-13-10(14-16-11)7-15(2)3/h8-9,12H,4-7H2,1-3H3. The molecule has 1 fully saturated rings. The van der Waals surface area contributed by atoms with Crippen LogP contribution in [-0.4, -0.2) is 42.2 Å². The van der Waals surface area contributed by atoms with Crippen LogP contribution in [0, 0.1) is 5.92 Å². The van der Waals surface area contributed by atoms with Crippen molar-refractivity contribution in [3.8, 4) is 0 Å². The Balaban J connectivity index is 1.90. The van der Waals surface area contributed by atoms with Gasteiger partial charge in [-0.25, -0.2) is 0 Å². The normalized spacial score (nSPS) is 18.0. The second-order valence-corrected chi connectivity index (χ2v) is 4.78. The van der Waals surface area contributed by atoms with Crippen LogP contribution in [0.5, 0.6) is 0 Å². The fraction of sp³-hybridized carbons (Fsp3) is 0.818. The summed E-state index contributed by atoms with van der Waals surface area (Å²) in [7, 11) is 5.99. The van der Waals surface area contributed by atoms with Gasteiger partial charge < -0.3 is 14.7 Å². The molecule has 1 aliphatic carbocycles. The van der Waals surface area contributed by atoms with Gasteiger partial charge in [-0.2, -0.15) is 4.98 Å². The monoisotopic (exact) mass is 224 g/mol. The highest BCUT2D eigenvalue weighted by Crippen LogP contribution is 2.33. The second-order valence-electron chi connectivity index (χ2n) is 4.78. The highest BCUT2D eigenvalue weighted by Gasteiger charge is 2.31. The van der Waals surface area contributed by atoms with Gasteiger partial charge in [0.2, 0.25) is 5.89 Å². The maximum Gasteiger partial charge on any atom is 0.228 e. The van der Waals surface area contributed by atoms with Crippen molar-refractivity contribution in [2.24, 2.45) is 5.92 Å². The number of likely N-dealkylation sites (N-methyl/N-ethyl adjacent to an activating group) is 1. The largest absolute Gasteiger partial charge is 0.339 e. The summed E-state index contributed by atoms with van der Waals surface area (Å²) in [6, 6.07) is 0.493. The predicted octanol–water partition coefficient (Wildman–Crippen LogP) is 0.672. The van der Waals surface area contributed by atoms with Crippen LogP contribution in [-0.2, 0) is 13.0 Å². The number of rotatable bonds is 6. The molecule has 1 aromatic rings. The van der Waals surface area contributed by atoms with Crippen molar-refractivity contribution in [2.75, 3.05) is 21.1 Å². The third kappa shape index (κ3) is 3.02. The lowest BCUT2D eigenvalue weighted by Crippen LogP contribution is -2.29. The van der Waals surface area contributed by atoms with Crippen LogP contribution in [0.1, 0.15) is 24.6 Å². The van der Waals surface area contributed by atoms with Crippen molar-refractivity contribution in [2.45, 2.75) is 31.8 Å². The van der Waals surface area contributed by atoms with Gasteiger partial charge in [0.1, 0.15) is 0 Å². The van der Waals surface area contributed by atoms with Crippen LogP contribution >= 0.6 is 0 Å². The molecule has 1 unspecified atom stereocenters. The number of nitrogens with one attached hydrogen (secondary N) is 1. The van der Waals surface area contributed by atoms with E-state index in [0.29, 0.717) is 6.04 Å². The maximum absolute atomic E-state index is 5.25. The van der Waals surface area contributed by atoms with Gasteiger partial charge >= 0.3 is 0 Å². The van der Waals surface area contributed by atoms with E-state index in [1.165, 1.54) is 12.8 Å². The Labute approximate surface area is 96.2 Å². The van der Waals surface area contributed by atoms with Crippen molar-refractivity contribution in [1.29, 1.82) is 0 Å². The fourth-order valence-corrected chi connectivity index (χ4v) is 1.91. The van der Waals surface area contributed by atoms with E-state index >= 15 is 0 Å². The van der Waals surface area contributed by atoms with Crippen LogP contribution < -0.4 is 5.32 Å². The second kappa shape index (κ2) is 4.93.